The Morgan fingerprint density at radius 1 is 0.952 bits per heavy atom. The van der Waals surface area contributed by atoms with Gasteiger partial charge < -0.3 is 0 Å². The summed E-state index contributed by atoms with van der Waals surface area (Å²) in [5.74, 6) is 0.760. The summed E-state index contributed by atoms with van der Waals surface area (Å²) in [6.07, 6.45) is 15.1. The van der Waals surface area contributed by atoms with Gasteiger partial charge in [0.05, 0.1) is 0 Å². The zero-order valence-electron chi connectivity index (χ0n) is 14.3. The van der Waals surface area contributed by atoms with Crippen LogP contribution in [0.1, 0.15) is 97.8 Å². The van der Waals surface area contributed by atoms with Crippen LogP contribution in [0.15, 0.2) is 0 Å². The fourth-order valence-electron chi connectivity index (χ4n) is 2.92. The van der Waals surface area contributed by atoms with Crippen molar-refractivity contribution in [2.45, 2.75) is 103 Å². The van der Waals surface area contributed by atoms with E-state index in [4.69, 9.17) is 9.78 Å². The van der Waals surface area contributed by atoms with Crippen molar-refractivity contribution in [3.05, 3.63) is 0 Å². The van der Waals surface area contributed by atoms with Gasteiger partial charge >= 0.3 is 5.97 Å². The molecule has 0 aliphatic heterocycles. The Kier molecular flexibility index (Phi) is 8.98. The largest absolute Gasteiger partial charge is 0.342 e. The van der Waals surface area contributed by atoms with Gasteiger partial charge in [0.1, 0.15) is 5.60 Å². The lowest BCUT2D eigenvalue weighted by Crippen LogP contribution is -2.21. The fraction of sp³-hybridized carbons (Fsp3) is 0.944. The summed E-state index contributed by atoms with van der Waals surface area (Å²) in [6, 6.07) is 0. The van der Waals surface area contributed by atoms with Crippen molar-refractivity contribution in [1.82, 2.24) is 0 Å². The van der Waals surface area contributed by atoms with E-state index < -0.39 is 5.60 Å². The van der Waals surface area contributed by atoms with Crippen molar-refractivity contribution in [3.8, 4) is 0 Å². The van der Waals surface area contributed by atoms with E-state index in [0.29, 0.717) is 6.42 Å². The maximum absolute atomic E-state index is 11.4. The highest BCUT2D eigenvalue weighted by molar-refractivity contribution is 5.68. The van der Waals surface area contributed by atoms with Crippen molar-refractivity contribution in [1.29, 1.82) is 0 Å². The van der Waals surface area contributed by atoms with E-state index >= 15 is 0 Å². The second kappa shape index (κ2) is 10.2. The zero-order valence-corrected chi connectivity index (χ0v) is 14.3. The van der Waals surface area contributed by atoms with Crippen LogP contribution in [-0.4, -0.2) is 11.6 Å². The Balaban J connectivity index is 1.86. The average molecular weight is 298 g/mol. The lowest BCUT2D eigenvalue weighted by Gasteiger charge is -2.21. The van der Waals surface area contributed by atoms with E-state index in [9.17, 15) is 4.79 Å². The molecule has 0 amide bonds. The second-order valence-corrected chi connectivity index (χ2v) is 7.46. The van der Waals surface area contributed by atoms with Crippen LogP contribution in [-0.2, 0) is 14.6 Å². The molecule has 0 spiro atoms. The first-order valence-electron chi connectivity index (χ1n) is 8.86. The highest BCUT2D eigenvalue weighted by atomic mass is 17.2. The molecule has 0 heterocycles. The quantitative estimate of drug-likeness (QED) is 0.317. The smallest absolute Gasteiger partial charge is 0.298 e. The van der Waals surface area contributed by atoms with Crippen LogP contribution in [0.25, 0.3) is 0 Å². The standard InChI is InChI=1S/C18H34O3/c1-18(2,3)21-20-17(19)15-11-6-4-5-8-12-16-13-9-7-10-14-16/h16H,4-15H2,1-3H3. The third kappa shape index (κ3) is 10.8. The van der Waals surface area contributed by atoms with Gasteiger partial charge in [-0.3, -0.25) is 4.89 Å². The molecule has 0 N–H and O–H groups in total. The van der Waals surface area contributed by atoms with Gasteiger partial charge in [-0.05, 0) is 33.1 Å². The van der Waals surface area contributed by atoms with E-state index in [0.717, 1.165) is 18.8 Å². The maximum Gasteiger partial charge on any atom is 0.342 e. The molecular weight excluding hydrogens is 264 g/mol. The van der Waals surface area contributed by atoms with E-state index in [-0.39, 0.29) is 5.97 Å². The summed E-state index contributed by atoms with van der Waals surface area (Å²) in [5.41, 5.74) is -0.422. The summed E-state index contributed by atoms with van der Waals surface area (Å²) >= 11 is 0. The molecule has 1 aliphatic carbocycles. The summed E-state index contributed by atoms with van der Waals surface area (Å²) in [6.45, 7) is 5.60. The highest BCUT2D eigenvalue weighted by Gasteiger charge is 2.15. The molecule has 3 heteroatoms. The van der Waals surface area contributed by atoms with Gasteiger partial charge in [0.15, 0.2) is 0 Å². The van der Waals surface area contributed by atoms with Crippen LogP contribution in [0.4, 0.5) is 0 Å². The van der Waals surface area contributed by atoms with E-state index in [1.54, 1.807) is 0 Å². The molecule has 1 rings (SSSR count). The van der Waals surface area contributed by atoms with Crippen LogP contribution >= 0.6 is 0 Å². The zero-order chi connectivity index (χ0) is 15.6. The molecule has 1 aliphatic rings. The van der Waals surface area contributed by atoms with Gasteiger partial charge in [0, 0.05) is 6.42 Å². The van der Waals surface area contributed by atoms with Crippen molar-refractivity contribution in [2.24, 2.45) is 5.92 Å². The predicted molar refractivity (Wildman–Crippen MR) is 85.8 cm³/mol. The predicted octanol–water partition coefficient (Wildman–Crippen LogP) is 5.57. The van der Waals surface area contributed by atoms with Gasteiger partial charge in [-0.1, -0.05) is 64.2 Å². The number of hydrogen-bond donors (Lipinski definition) is 0. The number of carbonyl (C=O) groups excluding carboxylic acids is 1. The minimum Gasteiger partial charge on any atom is -0.298 e. The fourth-order valence-corrected chi connectivity index (χ4v) is 2.92. The molecule has 124 valence electrons. The van der Waals surface area contributed by atoms with Gasteiger partial charge in [-0.15, -0.1) is 0 Å². The average Bonchev–Trinajstić information content (AvgIpc) is 2.44. The monoisotopic (exact) mass is 298 g/mol. The van der Waals surface area contributed by atoms with E-state index in [1.165, 1.54) is 57.8 Å². The SMILES string of the molecule is CC(C)(C)OOC(=O)CCCCCCCC1CCCCC1. The minimum atomic E-state index is -0.422. The summed E-state index contributed by atoms with van der Waals surface area (Å²) in [5, 5.41) is 0. The highest BCUT2D eigenvalue weighted by Crippen LogP contribution is 2.28. The lowest BCUT2D eigenvalue weighted by atomic mass is 9.85. The van der Waals surface area contributed by atoms with Gasteiger partial charge in [-0.2, -0.15) is 4.89 Å². The summed E-state index contributed by atoms with van der Waals surface area (Å²) in [7, 11) is 0. The molecule has 0 saturated heterocycles. The number of carbonyl (C=O) groups is 1. The molecule has 0 aromatic rings. The van der Waals surface area contributed by atoms with Crippen LogP contribution in [0.3, 0.4) is 0 Å². The Morgan fingerprint density at radius 2 is 1.57 bits per heavy atom. The Labute approximate surface area is 130 Å². The third-order valence-electron chi connectivity index (χ3n) is 4.10. The molecule has 0 atom stereocenters. The summed E-state index contributed by atoms with van der Waals surface area (Å²) < 4.78 is 0. The van der Waals surface area contributed by atoms with Crippen LogP contribution < -0.4 is 0 Å². The van der Waals surface area contributed by atoms with Crippen molar-refractivity contribution in [3.63, 3.8) is 0 Å². The van der Waals surface area contributed by atoms with Crippen LogP contribution in [0, 0.1) is 5.92 Å². The Bertz CT molecular complexity index is 275. The first-order chi connectivity index (χ1) is 9.97. The van der Waals surface area contributed by atoms with Crippen LogP contribution in [0.2, 0.25) is 0 Å². The molecule has 0 unspecified atom stereocenters. The van der Waals surface area contributed by atoms with Crippen LogP contribution in [0.5, 0.6) is 0 Å². The number of hydrogen-bond acceptors (Lipinski definition) is 3. The third-order valence-corrected chi connectivity index (χ3v) is 4.10. The molecule has 0 radical (unpaired) electrons. The molecule has 21 heavy (non-hydrogen) atoms. The van der Waals surface area contributed by atoms with Crippen molar-refractivity contribution in [2.75, 3.05) is 0 Å². The first-order valence-corrected chi connectivity index (χ1v) is 8.86. The van der Waals surface area contributed by atoms with E-state index in [1.807, 2.05) is 20.8 Å². The molecule has 1 saturated carbocycles. The van der Waals surface area contributed by atoms with E-state index in [2.05, 4.69) is 0 Å². The molecule has 1 fully saturated rings. The molecule has 0 bridgehead atoms. The molecular formula is C18H34O3. The number of unbranched alkanes of at least 4 members (excludes halogenated alkanes) is 4. The van der Waals surface area contributed by atoms with Gasteiger partial charge in [0.2, 0.25) is 0 Å². The van der Waals surface area contributed by atoms with Gasteiger partial charge in [-0.25, -0.2) is 4.79 Å². The Hall–Kier alpha value is -0.570. The second-order valence-electron chi connectivity index (χ2n) is 7.46. The topological polar surface area (TPSA) is 35.5 Å². The first kappa shape index (κ1) is 18.5. The Morgan fingerprint density at radius 3 is 2.24 bits per heavy atom. The lowest BCUT2D eigenvalue weighted by molar-refractivity contribution is -0.320. The minimum absolute atomic E-state index is 0.243. The molecule has 3 nitrogen and oxygen atoms in total. The normalized spacial score (nSPS) is 16.9. The maximum atomic E-state index is 11.4. The number of rotatable bonds is 9. The van der Waals surface area contributed by atoms with Crippen molar-refractivity contribution >= 4 is 5.97 Å². The molecule has 0 aromatic carbocycles. The van der Waals surface area contributed by atoms with Gasteiger partial charge in [0.25, 0.3) is 0 Å². The summed E-state index contributed by atoms with van der Waals surface area (Å²) in [4.78, 5) is 21.2. The molecule has 0 aromatic heterocycles. The van der Waals surface area contributed by atoms with Crippen molar-refractivity contribution < 1.29 is 14.6 Å².